The highest BCUT2D eigenvalue weighted by molar-refractivity contribution is 9.10. The van der Waals surface area contributed by atoms with E-state index in [2.05, 4.69) is 64.0 Å². The van der Waals surface area contributed by atoms with Crippen LogP contribution in [0.1, 0.15) is 12.0 Å². The van der Waals surface area contributed by atoms with Crippen LogP contribution in [-0.4, -0.2) is 55.6 Å². The van der Waals surface area contributed by atoms with Crippen molar-refractivity contribution in [1.82, 2.24) is 29.5 Å². The Labute approximate surface area is 181 Å². The zero-order valence-electron chi connectivity index (χ0n) is 16.3. The lowest BCUT2D eigenvalue weighted by Crippen LogP contribution is -2.32. The maximum Gasteiger partial charge on any atom is 0.259 e. The number of hydrogen-bond donors (Lipinski definition) is 1. The summed E-state index contributed by atoms with van der Waals surface area (Å²) in [6, 6.07) is 11.9. The van der Waals surface area contributed by atoms with Crippen LogP contribution in [0.2, 0.25) is 0 Å². The summed E-state index contributed by atoms with van der Waals surface area (Å²) < 4.78 is 7.96. The van der Waals surface area contributed by atoms with Crippen molar-refractivity contribution < 1.29 is 4.42 Å². The van der Waals surface area contributed by atoms with E-state index >= 15 is 0 Å². The molecule has 1 saturated heterocycles. The Morgan fingerprint density at radius 1 is 1.00 bits per heavy atom. The summed E-state index contributed by atoms with van der Waals surface area (Å²) >= 11 is 3.65. The maximum atomic E-state index is 6.15. The molecule has 5 rings (SSSR count). The molecule has 1 aliphatic rings. The van der Waals surface area contributed by atoms with Crippen LogP contribution < -0.4 is 10.6 Å². The Balaban J connectivity index is 1.34. The van der Waals surface area contributed by atoms with Crippen LogP contribution in [0.25, 0.3) is 17.4 Å². The molecule has 0 saturated carbocycles. The molecule has 0 spiro atoms. The van der Waals surface area contributed by atoms with Gasteiger partial charge in [0.2, 0.25) is 17.7 Å². The number of fused-ring (bicyclic) bond motifs is 1. The largest absolute Gasteiger partial charge is 0.461 e. The lowest BCUT2D eigenvalue weighted by Gasteiger charge is -2.22. The van der Waals surface area contributed by atoms with Crippen LogP contribution in [0.3, 0.4) is 0 Å². The van der Waals surface area contributed by atoms with Crippen LogP contribution in [0.15, 0.2) is 51.6 Å². The van der Waals surface area contributed by atoms with Crippen LogP contribution >= 0.6 is 15.9 Å². The van der Waals surface area contributed by atoms with Crippen molar-refractivity contribution in [2.45, 2.75) is 13.0 Å². The van der Waals surface area contributed by atoms with Gasteiger partial charge in [0.05, 0.1) is 6.26 Å². The third-order valence-electron chi connectivity index (χ3n) is 5.19. The average molecular weight is 469 g/mol. The molecule has 3 aromatic heterocycles. The third-order valence-corrected chi connectivity index (χ3v) is 5.96. The minimum Gasteiger partial charge on any atom is -0.461 e. The van der Waals surface area contributed by atoms with Crippen molar-refractivity contribution in [2.24, 2.45) is 0 Å². The van der Waals surface area contributed by atoms with Crippen LogP contribution in [0.4, 0.5) is 11.9 Å². The number of benzene rings is 1. The fourth-order valence-corrected chi connectivity index (χ4v) is 4.05. The smallest absolute Gasteiger partial charge is 0.259 e. The molecule has 0 amide bonds. The van der Waals surface area contributed by atoms with Gasteiger partial charge in [0.15, 0.2) is 5.76 Å². The third kappa shape index (κ3) is 3.75. The van der Waals surface area contributed by atoms with Crippen molar-refractivity contribution in [3.8, 4) is 11.6 Å². The van der Waals surface area contributed by atoms with Gasteiger partial charge in [-0.15, -0.1) is 5.10 Å². The van der Waals surface area contributed by atoms with Gasteiger partial charge in [-0.2, -0.15) is 19.5 Å². The molecule has 0 radical (unpaired) electrons. The van der Waals surface area contributed by atoms with Gasteiger partial charge in [-0.1, -0.05) is 34.1 Å². The molecule has 2 N–H and O–H groups in total. The molecular weight excluding hydrogens is 448 g/mol. The van der Waals surface area contributed by atoms with Crippen LogP contribution in [0, 0.1) is 0 Å². The molecule has 1 aromatic carbocycles. The summed E-state index contributed by atoms with van der Waals surface area (Å²) in [4.78, 5) is 18.2. The molecule has 10 heteroatoms. The Kier molecular flexibility index (Phi) is 5.09. The number of nitrogens with two attached hydrogens (primary N) is 1. The van der Waals surface area contributed by atoms with Gasteiger partial charge >= 0.3 is 0 Å². The second-order valence-corrected chi connectivity index (χ2v) is 8.07. The minimum absolute atomic E-state index is 0.259. The number of nitrogens with zero attached hydrogens (tertiary/aromatic N) is 7. The summed E-state index contributed by atoms with van der Waals surface area (Å²) in [5, 5.41) is 4.36. The Hall–Kier alpha value is -2.98. The SMILES string of the molecule is Nc1nc(N2CCCN(Cc3ccccc3Br)CC2)nc2nc(-c3ccco3)nn12. The minimum atomic E-state index is 0.259. The Morgan fingerprint density at radius 3 is 2.73 bits per heavy atom. The summed E-state index contributed by atoms with van der Waals surface area (Å²) in [5.41, 5.74) is 7.45. The number of halogens is 1. The molecule has 0 unspecified atom stereocenters. The number of aromatic nitrogens is 5. The standard InChI is InChI=1S/C20H21BrN8O/c21-15-6-2-1-5-14(15)13-27-8-4-9-28(11-10-27)19-24-18(22)29-20(25-19)23-17(26-29)16-7-3-12-30-16/h1-3,5-7,12H,4,8-11,13H2,(H2,22,23,24,25,26). The number of furan rings is 1. The highest BCUT2D eigenvalue weighted by atomic mass is 79.9. The molecule has 1 aliphatic heterocycles. The van der Waals surface area contributed by atoms with Gasteiger partial charge in [0, 0.05) is 37.2 Å². The molecule has 0 aliphatic carbocycles. The van der Waals surface area contributed by atoms with E-state index in [1.807, 2.05) is 6.07 Å². The first kappa shape index (κ1) is 19.0. The zero-order valence-corrected chi connectivity index (χ0v) is 17.9. The summed E-state index contributed by atoms with van der Waals surface area (Å²) in [7, 11) is 0. The van der Waals surface area contributed by atoms with Crippen molar-refractivity contribution in [3.05, 3.63) is 52.7 Å². The highest BCUT2D eigenvalue weighted by Crippen LogP contribution is 2.21. The van der Waals surface area contributed by atoms with Gasteiger partial charge in [-0.05, 0) is 30.2 Å². The van der Waals surface area contributed by atoms with E-state index in [0.717, 1.165) is 43.6 Å². The number of nitrogen functional groups attached to an aromatic ring is 1. The first-order valence-corrected chi connectivity index (χ1v) is 10.6. The van der Waals surface area contributed by atoms with Crippen LogP contribution in [-0.2, 0) is 6.54 Å². The van der Waals surface area contributed by atoms with E-state index in [1.54, 1.807) is 18.4 Å². The van der Waals surface area contributed by atoms with Crippen molar-refractivity contribution >= 4 is 33.6 Å². The zero-order chi connectivity index (χ0) is 20.5. The van der Waals surface area contributed by atoms with E-state index in [1.165, 1.54) is 10.1 Å². The molecule has 4 heterocycles. The van der Waals surface area contributed by atoms with E-state index in [0.29, 0.717) is 23.3 Å². The predicted molar refractivity (Wildman–Crippen MR) is 117 cm³/mol. The first-order chi connectivity index (χ1) is 14.7. The lowest BCUT2D eigenvalue weighted by molar-refractivity contribution is 0.285. The molecule has 4 aromatic rings. The number of hydrogen-bond acceptors (Lipinski definition) is 8. The average Bonchev–Trinajstić information content (AvgIpc) is 3.36. The molecule has 1 fully saturated rings. The van der Waals surface area contributed by atoms with E-state index < -0.39 is 0 Å². The monoisotopic (exact) mass is 468 g/mol. The summed E-state index contributed by atoms with van der Waals surface area (Å²) in [6.07, 6.45) is 2.60. The fraction of sp³-hybridized carbons (Fsp3) is 0.300. The highest BCUT2D eigenvalue weighted by Gasteiger charge is 2.20. The van der Waals surface area contributed by atoms with E-state index in [4.69, 9.17) is 10.2 Å². The molecule has 0 atom stereocenters. The molecule has 0 bridgehead atoms. The van der Waals surface area contributed by atoms with E-state index in [-0.39, 0.29) is 5.95 Å². The second-order valence-electron chi connectivity index (χ2n) is 7.21. The normalized spacial score (nSPS) is 15.6. The maximum absolute atomic E-state index is 6.15. The molecular formula is C20H21BrN8O. The number of rotatable bonds is 4. The van der Waals surface area contributed by atoms with Gasteiger partial charge in [0.25, 0.3) is 5.78 Å². The Bertz CT molecular complexity index is 1160. The van der Waals surface area contributed by atoms with E-state index in [9.17, 15) is 0 Å². The van der Waals surface area contributed by atoms with Gasteiger partial charge in [0.1, 0.15) is 0 Å². The quantitative estimate of drug-likeness (QED) is 0.487. The van der Waals surface area contributed by atoms with Crippen molar-refractivity contribution in [2.75, 3.05) is 36.8 Å². The van der Waals surface area contributed by atoms with Gasteiger partial charge < -0.3 is 15.1 Å². The lowest BCUT2D eigenvalue weighted by atomic mass is 10.2. The fourth-order valence-electron chi connectivity index (χ4n) is 3.64. The molecule has 154 valence electrons. The van der Waals surface area contributed by atoms with Crippen LogP contribution in [0.5, 0.6) is 0 Å². The molecule has 30 heavy (non-hydrogen) atoms. The second kappa shape index (κ2) is 8.04. The predicted octanol–water partition coefficient (Wildman–Crippen LogP) is 2.84. The first-order valence-electron chi connectivity index (χ1n) is 9.82. The summed E-state index contributed by atoms with van der Waals surface area (Å²) in [5.74, 6) is 2.27. The summed E-state index contributed by atoms with van der Waals surface area (Å²) in [6.45, 7) is 4.53. The van der Waals surface area contributed by atoms with Crippen molar-refractivity contribution in [3.63, 3.8) is 0 Å². The van der Waals surface area contributed by atoms with Gasteiger partial charge in [-0.3, -0.25) is 4.90 Å². The molecule has 9 nitrogen and oxygen atoms in total. The van der Waals surface area contributed by atoms with Gasteiger partial charge in [-0.25, -0.2) is 0 Å². The Morgan fingerprint density at radius 2 is 1.90 bits per heavy atom. The number of anilines is 2. The topological polar surface area (TPSA) is 102 Å². The van der Waals surface area contributed by atoms with Crippen molar-refractivity contribution in [1.29, 1.82) is 0 Å².